The topological polar surface area (TPSA) is 43.8 Å². The van der Waals surface area contributed by atoms with E-state index in [1.165, 1.54) is 11.1 Å². The molecule has 4 heteroatoms. The molecule has 1 aliphatic heterocycles. The number of aliphatic hydroxyl groups is 1. The van der Waals surface area contributed by atoms with E-state index in [2.05, 4.69) is 24.0 Å². The molecule has 0 bridgehead atoms. The zero-order valence-electron chi connectivity index (χ0n) is 14.8. The monoisotopic (exact) mass is 318 g/mol. The lowest BCUT2D eigenvalue weighted by Gasteiger charge is -2.33. The zero-order valence-corrected chi connectivity index (χ0v) is 14.8. The molecule has 0 radical (unpaired) electrons. The number of carbonyl (C=O) groups excluding carboxylic acids is 1. The molecule has 1 amide bonds. The molecule has 1 saturated heterocycles. The SMILES string of the molecule is Cc1ccccc1CN(C)C(=O)C(C)N1CCCC1CC(C)O. The van der Waals surface area contributed by atoms with Gasteiger partial charge in [0.1, 0.15) is 0 Å². The van der Waals surface area contributed by atoms with Crippen molar-refractivity contribution in [1.29, 1.82) is 0 Å². The minimum Gasteiger partial charge on any atom is -0.393 e. The average molecular weight is 318 g/mol. The van der Waals surface area contributed by atoms with Crippen LogP contribution in [0.2, 0.25) is 0 Å². The molecule has 128 valence electrons. The van der Waals surface area contributed by atoms with Crippen LogP contribution in [0.1, 0.15) is 44.2 Å². The number of aliphatic hydroxyl groups excluding tert-OH is 1. The molecule has 1 aliphatic rings. The minimum absolute atomic E-state index is 0.129. The van der Waals surface area contributed by atoms with Crippen LogP contribution in [0.25, 0.3) is 0 Å². The number of aryl methyl sites for hydroxylation is 1. The smallest absolute Gasteiger partial charge is 0.239 e. The second-order valence-electron chi connectivity index (χ2n) is 6.92. The number of hydrogen-bond acceptors (Lipinski definition) is 3. The molecule has 1 aromatic carbocycles. The van der Waals surface area contributed by atoms with Crippen LogP contribution in [-0.2, 0) is 11.3 Å². The molecular formula is C19H30N2O2. The summed E-state index contributed by atoms with van der Waals surface area (Å²) in [6, 6.07) is 8.39. The van der Waals surface area contributed by atoms with E-state index in [1.807, 2.05) is 37.9 Å². The summed E-state index contributed by atoms with van der Waals surface area (Å²) in [5.74, 6) is 0.158. The first-order chi connectivity index (χ1) is 10.9. The molecule has 3 unspecified atom stereocenters. The van der Waals surface area contributed by atoms with Crippen LogP contribution in [-0.4, -0.2) is 52.6 Å². The van der Waals surface area contributed by atoms with Crippen LogP contribution in [0.15, 0.2) is 24.3 Å². The Kier molecular flexibility index (Phi) is 6.19. The standard InChI is InChI=1S/C19H30N2O2/c1-14-8-5-6-9-17(14)13-20(4)19(23)16(3)21-11-7-10-18(21)12-15(2)22/h5-6,8-9,15-16,18,22H,7,10-13H2,1-4H3. The number of nitrogens with zero attached hydrogens (tertiary/aromatic N) is 2. The number of likely N-dealkylation sites (tertiary alicyclic amines) is 1. The molecule has 1 aromatic rings. The van der Waals surface area contributed by atoms with Gasteiger partial charge in [0.2, 0.25) is 5.91 Å². The maximum Gasteiger partial charge on any atom is 0.239 e. The summed E-state index contributed by atoms with van der Waals surface area (Å²) in [5, 5.41) is 9.66. The van der Waals surface area contributed by atoms with Crippen molar-refractivity contribution in [2.75, 3.05) is 13.6 Å². The van der Waals surface area contributed by atoms with Crippen molar-refractivity contribution in [3.05, 3.63) is 35.4 Å². The van der Waals surface area contributed by atoms with Crippen LogP contribution < -0.4 is 0 Å². The van der Waals surface area contributed by atoms with Gasteiger partial charge >= 0.3 is 0 Å². The van der Waals surface area contributed by atoms with E-state index in [1.54, 1.807) is 0 Å². The van der Waals surface area contributed by atoms with Crippen LogP contribution in [0.4, 0.5) is 0 Å². The molecule has 23 heavy (non-hydrogen) atoms. The van der Waals surface area contributed by atoms with Gasteiger partial charge in [-0.25, -0.2) is 0 Å². The second-order valence-corrected chi connectivity index (χ2v) is 6.92. The summed E-state index contributed by atoms with van der Waals surface area (Å²) in [7, 11) is 1.88. The number of amides is 1. The Hall–Kier alpha value is -1.39. The van der Waals surface area contributed by atoms with E-state index in [9.17, 15) is 9.90 Å². The Morgan fingerprint density at radius 3 is 2.74 bits per heavy atom. The Balaban J connectivity index is 1.99. The van der Waals surface area contributed by atoms with Gasteiger partial charge in [0.05, 0.1) is 12.1 Å². The molecule has 1 fully saturated rings. The number of rotatable bonds is 6. The predicted octanol–water partition coefficient (Wildman–Crippen LogP) is 2.58. The fourth-order valence-corrected chi connectivity index (χ4v) is 3.60. The summed E-state index contributed by atoms with van der Waals surface area (Å²) < 4.78 is 0. The number of benzene rings is 1. The van der Waals surface area contributed by atoms with Crippen molar-refractivity contribution in [2.45, 2.75) is 64.8 Å². The van der Waals surface area contributed by atoms with Gasteiger partial charge in [-0.2, -0.15) is 0 Å². The molecule has 0 saturated carbocycles. The summed E-state index contributed by atoms with van der Waals surface area (Å²) >= 11 is 0. The second kappa shape index (κ2) is 7.93. The number of carbonyl (C=O) groups is 1. The number of likely N-dealkylation sites (N-methyl/N-ethyl adjacent to an activating group) is 1. The first-order valence-electron chi connectivity index (χ1n) is 8.63. The molecule has 4 nitrogen and oxygen atoms in total. The molecule has 2 rings (SSSR count). The van der Waals surface area contributed by atoms with E-state index in [0.29, 0.717) is 12.6 Å². The van der Waals surface area contributed by atoms with Gasteiger partial charge in [-0.3, -0.25) is 9.69 Å². The van der Waals surface area contributed by atoms with Crippen molar-refractivity contribution in [3.8, 4) is 0 Å². The lowest BCUT2D eigenvalue weighted by atomic mass is 10.1. The van der Waals surface area contributed by atoms with Gasteiger partial charge in [-0.05, 0) is 57.7 Å². The van der Waals surface area contributed by atoms with Crippen molar-refractivity contribution >= 4 is 5.91 Å². The summed E-state index contributed by atoms with van der Waals surface area (Å²) in [6.45, 7) is 7.49. The molecule has 0 spiro atoms. The first kappa shape index (κ1) is 18.0. The maximum absolute atomic E-state index is 12.8. The van der Waals surface area contributed by atoms with Crippen molar-refractivity contribution in [3.63, 3.8) is 0 Å². The molecule has 0 aliphatic carbocycles. The third-order valence-electron chi connectivity index (χ3n) is 4.94. The van der Waals surface area contributed by atoms with E-state index < -0.39 is 0 Å². The van der Waals surface area contributed by atoms with Gasteiger partial charge in [0.25, 0.3) is 0 Å². The van der Waals surface area contributed by atoms with Gasteiger partial charge < -0.3 is 10.0 Å². The van der Waals surface area contributed by atoms with Gasteiger partial charge in [0, 0.05) is 19.6 Å². The van der Waals surface area contributed by atoms with E-state index in [4.69, 9.17) is 0 Å². The fraction of sp³-hybridized carbons (Fsp3) is 0.632. The van der Waals surface area contributed by atoms with Gasteiger partial charge in [-0.15, -0.1) is 0 Å². The van der Waals surface area contributed by atoms with Crippen LogP contribution in [0.5, 0.6) is 0 Å². The van der Waals surface area contributed by atoms with Crippen LogP contribution in [0.3, 0.4) is 0 Å². The highest BCUT2D eigenvalue weighted by atomic mass is 16.3. The predicted molar refractivity (Wildman–Crippen MR) is 93.1 cm³/mol. The fourth-order valence-electron chi connectivity index (χ4n) is 3.60. The Labute approximate surface area is 140 Å². The Morgan fingerprint density at radius 2 is 2.09 bits per heavy atom. The van der Waals surface area contributed by atoms with Crippen molar-refractivity contribution < 1.29 is 9.90 Å². The average Bonchev–Trinajstić information content (AvgIpc) is 2.95. The highest BCUT2D eigenvalue weighted by Crippen LogP contribution is 2.24. The summed E-state index contributed by atoms with van der Waals surface area (Å²) in [6.07, 6.45) is 2.62. The number of hydrogen-bond donors (Lipinski definition) is 1. The largest absolute Gasteiger partial charge is 0.393 e. The normalized spacial score (nSPS) is 21.2. The molecular weight excluding hydrogens is 288 g/mol. The molecule has 1 heterocycles. The van der Waals surface area contributed by atoms with Crippen molar-refractivity contribution in [2.24, 2.45) is 0 Å². The third kappa shape index (κ3) is 4.55. The first-order valence-corrected chi connectivity index (χ1v) is 8.63. The highest BCUT2D eigenvalue weighted by Gasteiger charge is 2.33. The third-order valence-corrected chi connectivity index (χ3v) is 4.94. The zero-order chi connectivity index (χ0) is 17.0. The molecule has 0 aromatic heterocycles. The Morgan fingerprint density at radius 1 is 1.39 bits per heavy atom. The lowest BCUT2D eigenvalue weighted by molar-refractivity contribution is -0.136. The van der Waals surface area contributed by atoms with E-state index >= 15 is 0 Å². The van der Waals surface area contributed by atoms with E-state index in [0.717, 1.165) is 25.8 Å². The molecule has 1 N–H and O–H groups in total. The Bertz CT molecular complexity index is 530. The van der Waals surface area contributed by atoms with Gasteiger partial charge in [-0.1, -0.05) is 24.3 Å². The lowest BCUT2D eigenvalue weighted by Crippen LogP contribution is -2.48. The highest BCUT2D eigenvalue weighted by molar-refractivity contribution is 5.81. The summed E-state index contributed by atoms with van der Waals surface area (Å²) in [5.41, 5.74) is 2.41. The van der Waals surface area contributed by atoms with Crippen LogP contribution >= 0.6 is 0 Å². The van der Waals surface area contributed by atoms with Gasteiger partial charge in [0.15, 0.2) is 0 Å². The maximum atomic E-state index is 12.8. The van der Waals surface area contributed by atoms with E-state index in [-0.39, 0.29) is 18.1 Å². The summed E-state index contributed by atoms with van der Waals surface area (Å²) in [4.78, 5) is 16.9. The quantitative estimate of drug-likeness (QED) is 0.877. The van der Waals surface area contributed by atoms with Crippen LogP contribution in [0, 0.1) is 6.92 Å². The van der Waals surface area contributed by atoms with Crippen molar-refractivity contribution in [1.82, 2.24) is 9.80 Å². The molecule has 3 atom stereocenters. The minimum atomic E-state index is -0.312.